The predicted molar refractivity (Wildman–Crippen MR) is 111 cm³/mol. The highest BCUT2D eigenvalue weighted by atomic mass is 16.7. The van der Waals surface area contributed by atoms with Gasteiger partial charge in [-0.05, 0) is 48.5 Å². The molecule has 0 atom stereocenters. The van der Waals surface area contributed by atoms with Crippen LogP contribution in [0, 0.1) is 0 Å². The van der Waals surface area contributed by atoms with E-state index >= 15 is 0 Å². The maximum absolute atomic E-state index is 5.52. The molecule has 4 aromatic rings. The predicted octanol–water partition coefficient (Wildman–Crippen LogP) is 5.21. The fraction of sp³-hybridized carbons (Fsp3) is 0.0833. The number of rotatable bonds is 4. The topological polar surface area (TPSA) is 53.5 Å². The molecule has 0 saturated heterocycles. The molecule has 5 nitrogen and oxygen atoms in total. The van der Waals surface area contributed by atoms with E-state index in [4.69, 9.17) is 24.2 Å². The van der Waals surface area contributed by atoms with Crippen LogP contribution >= 0.6 is 0 Å². The molecule has 3 aromatic carbocycles. The van der Waals surface area contributed by atoms with Gasteiger partial charge in [-0.1, -0.05) is 30.3 Å². The van der Waals surface area contributed by atoms with Gasteiger partial charge in [0.05, 0.1) is 18.5 Å². The number of nitrogens with zero attached hydrogens (tertiary/aromatic N) is 2. The summed E-state index contributed by atoms with van der Waals surface area (Å²) in [5.74, 6) is 2.89. The van der Waals surface area contributed by atoms with E-state index in [0.29, 0.717) is 11.6 Å². The minimum Gasteiger partial charge on any atom is -0.497 e. The molecule has 142 valence electrons. The Morgan fingerprint density at radius 1 is 0.690 bits per heavy atom. The number of benzene rings is 3. The third-order valence-corrected chi connectivity index (χ3v) is 4.81. The zero-order chi connectivity index (χ0) is 19.6. The first kappa shape index (κ1) is 17.3. The van der Waals surface area contributed by atoms with Crippen LogP contribution in [0.25, 0.3) is 33.9 Å². The SMILES string of the molecule is COc1ccc(-c2cc(-c3ccccc3)nc(-c3ccc4c(c3)OCO4)n2)cc1. The summed E-state index contributed by atoms with van der Waals surface area (Å²) < 4.78 is 16.2. The third-order valence-electron chi connectivity index (χ3n) is 4.81. The summed E-state index contributed by atoms with van der Waals surface area (Å²) in [6.07, 6.45) is 0. The molecule has 0 bridgehead atoms. The Hall–Kier alpha value is -3.86. The van der Waals surface area contributed by atoms with E-state index in [1.807, 2.05) is 78.9 Å². The van der Waals surface area contributed by atoms with Crippen LogP contribution in [0.4, 0.5) is 0 Å². The fourth-order valence-electron chi connectivity index (χ4n) is 3.28. The van der Waals surface area contributed by atoms with Gasteiger partial charge in [0.25, 0.3) is 0 Å². The van der Waals surface area contributed by atoms with Crippen LogP contribution in [-0.4, -0.2) is 23.9 Å². The van der Waals surface area contributed by atoms with Crippen molar-refractivity contribution < 1.29 is 14.2 Å². The minimum absolute atomic E-state index is 0.237. The zero-order valence-corrected chi connectivity index (χ0v) is 15.8. The largest absolute Gasteiger partial charge is 0.497 e. The molecule has 0 N–H and O–H groups in total. The van der Waals surface area contributed by atoms with Gasteiger partial charge in [0.1, 0.15) is 5.75 Å². The summed E-state index contributed by atoms with van der Waals surface area (Å²) in [5, 5.41) is 0. The maximum Gasteiger partial charge on any atom is 0.231 e. The molecule has 0 amide bonds. The lowest BCUT2D eigenvalue weighted by Crippen LogP contribution is -1.96. The Labute approximate surface area is 168 Å². The first-order valence-electron chi connectivity index (χ1n) is 9.29. The second-order valence-electron chi connectivity index (χ2n) is 6.62. The lowest BCUT2D eigenvalue weighted by Gasteiger charge is -2.10. The van der Waals surface area contributed by atoms with Crippen molar-refractivity contribution in [3.05, 3.63) is 78.9 Å². The Kier molecular flexibility index (Phi) is 4.33. The Bertz CT molecular complexity index is 1160. The second kappa shape index (κ2) is 7.28. The number of hydrogen-bond donors (Lipinski definition) is 0. The van der Waals surface area contributed by atoms with E-state index < -0.39 is 0 Å². The van der Waals surface area contributed by atoms with E-state index in [1.54, 1.807) is 7.11 Å². The summed E-state index contributed by atoms with van der Waals surface area (Å²) in [5.41, 5.74) is 4.61. The van der Waals surface area contributed by atoms with Gasteiger partial charge < -0.3 is 14.2 Å². The van der Waals surface area contributed by atoms with Crippen LogP contribution in [0.1, 0.15) is 0 Å². The molecule has 0 spiro atoms. The van der Waals surface area contributed by atoms with Gasteiger partial charge in [-0.3, -0.25) is 0 Å². The van der Waals surface area contributed by atoms with E-state index in [-0.39, 0.29) is 6.79 Å². The lowest BCUT2D eigenvalue weighted by atomic mass is 10.1. The zero-order valence-electron chi connectivity index (χ0n) is 15.8. The van der Waals surface area contributed by atoms with E-state index in [0.717, 1.165) is 39.6 Å². The van der Waals surface area contributed by atoms with Crippen LogP contribution in [0.15, 0.2) is 78.9 Å². The van der Waals surface area contributed by atoms with Crippen molar-refractivity contribution in [2.24, 2.45) is 0 Å². The molecule has 2 heterocycles. The average molecular weight is 382 g/mol. The molecule has 1 aromatic heterocycles. The highest BCUT2D eigenvalue weighted by Crippen LogP contribution is 2.36. The summed E-state index contributed by atoms with van der Waals surface area (Å²) in [6, 6.07) is 25.7. The standard InChI is InChI=1S/C24H18N2O3/c1-27-19-10-7-17(8-11-19)21-14-20(16-5-3-2-4-6-16)25-24(26-21)18-9-12-22-23(13-18)29-15-28-22/h2-14H,15H2,1H3. The molecular formula is C24H18N2O3. The van der Waals surface area contributed by atoms with Crippen molar-refractivity contribution >= 4 is 0 Å². The first-order valence-corrected chi connectivity index (χ1v) is 9.29. The molecule has 0 aliphatic carbocycles. The molecule has 5 heteroatoms. The number of aromatic nitrogens is 2. The summed E-state index contributed by atoms with van der Waals surface area (Å²) in [6.45, 7) is 0.237. The van der Waals surface area contributed by atoms with Crippen molar-refractivity contribution in [1.29, 1.82) is 0 Å². The molecule has 29 heavy (non-hydrogen) atoms. The van der Waals surface area contributed by atoms with Gasteiger partial charge in [-0.2, -0.15) is 0 Å². The molecular weight excluding hydrogens is 364 g/mol. The molecule has 5 rings (SSSR count). The van der Waals surface area contributed by atoms with Crippen molar-refractivity contribution in [3.8, 4) is 51.2 Å². The second-order valence-corrected chi connectivity index (χ2v) is 6.62. The van der Waals surface area contributed by atoms with Crippen LogP contribution in [0.5, 0.6) is 17.2 Å². The van der Waals surface area contributed by atoms with Crippen molar-refractivity contribution in [2.45, 2.75) is 0 Å². The first-order chi connectivity index (χ1) is 14.3. The van der Waals surface area contributed by atoms with Gasteiger partial charge in [0, 0.05) is 16.7 Å². The molecule has 0 unspecified atom stereocenters. The smallest absolute Gasteiger partial charge is 0.231 e. The number of fused-ring (bicyclic) bond motifs is 1. The number of ether oxygens (including phenoxy) is 3. The molecule has 0 fully saturated rings. The van der Waals surface area contributed by atoms with Gasteiger partial charge in [-0.25, -0.2) is 9.97 Å². The van der Waals surface area contributed by atoms with E-state index in [2.05, 4.69) is 0 Å². The highest BCUT2D eigenvalue weighted by Gasteiger charge is 2.16. The highest BCUT2D eigenvalue weighted by molar-refractivity contribution is 5.72. The minimum atomic E-state index is 0.237. The number of hydrogen-bond acceptors (Lipinski definition) is 5. The van der Waals surface area contributed by atoms with Crippen molar-refractivity contribution in [2.75, 3.05) is 13.9 Å². The summed E-state index contributed by atoms with van der Waals surface area (Å²) in [4.78, 5) is 9.66. The van der Waals surface area contributed by atoms with Gasteiger partial charge in [-0.15, -0.1) is 0 Å². The van der Waals surface area contributed by atoms with E-state index in [1.165, 1.54) is 0 Å². The molecule has 1 aliphatic rings. The van der Waals surface area contributed by atoms with Crippen LogP contribution in [-0.2, 0) is 0 Å². The maximum atomic E-state index is 5.52. The van der Waals surface area contributed by atoms with Crippen molar-refractivity contribution in [1.82, 2.24) is 9.97 Å². The van der Waals surface area contributed by atoms with Gasteiger partial charge in [0.15, 0.2) is 17.3 Å². The molecule has 1 aliphatic heterocycles. The average Bonchev–Trinajstić information content (AvgIpc) is 3.27. The fourth-order valence-corrected chi connectivity index (χ4v) is 3.28. The quantitative estimate of drug-likeness (QED) is 0.485. The van der Waals surface area contributed by atoms with E-state index in [9.17, 15) is 0 Å². The van der Waals surface area contributed by atoms with Crippen LogP contribution in [0.3, 0.4) is 0 Å². The molecule has 0 radical (unpaired) electrons. The summed E-state index contributed by atoms with van der Waals surface area (Å²) >= 11 is 0. The normalized spacial score (nSPS) is 12.0. The third kappa shape index (κ3) is 3.38. The van der Waals surface area contributed by atoms with Gasteiger partial charge >= 0.3 is 0 Å². The Morgan fingerprint density at radius 2 is 1.34 bits per heavy atom. The Morgan fingerprint density at radius 3 is 2.07 bits per heavy atom. The monoisotopic (exact) mass is 382 g/mol. The number of methoxy groups -OCH3 is 1. The van der Waals surface area contributed by atoms with Crippen LogP contribution < -0.4 is 14.2 Å². The van der Waals surface area contributed by atoms with Crippen LogP contribution in [0.2, 0.25) is 0 Å². The van der Waals surface area contributed by atoms with Crippen molar-refractivity contribution in [3.63, 3.8) is 0 Å². The molecule has 0 saturated carbocycles. The van der Waals surface area contributed by atoms with Gasteiger partial charge in [0.2, 0.25) is 6.79 Å². The Balaban J connectivity index is 1.65. The summed E-state index contributed by atoms with van der Waals surface area (Å²) in [7, 11) is 1.66. The lowest BCUT2D eigenvalue weighted by molar-refractivity contribution is 0.174.